The largest absolute Gasteiger partial charge is 0.511 e. The summed E-state index contributed by atoms with van der Waals surface area (Å²) in [5.74, 6) is -4.10. The Balaban J connectivity index is 5.79. The molecule has 0 saturated carbocycles. The topological polar surface area (TPSA) is 37.3 Å². The zero-order valence-corrected chi connectivity index (χ0v) is 12.7. The SMILES string of the molecule is CCC(CCCF)C(=O)/C=C(\O)C(CC)(C(F)(F)F)C(F)(F)F. The van der Waals surface area contributed by atoms with Crippen LogP contribution in [0.25, 0.3) is 0 Å². The molecule has 0 aliphatic heterocycles. The fraction of sp³-hybridized carbons (Fsp3) is 0.786. The van der Waals surface area contributed by atoms with Crippen molar-refractivity contribution < 1.29 is 40.6 Å². The second-order valence-electron chi connectivity index (χ2n) is 5.12. The van der Waals surface area contributed by atoms with E-state index in [2.05, 4.69) is 0 Å². The normalized spacial score (nSPS) is 15.6. The maximum absolute atomic E-state index is 13.0. The van der Waals surface area contributed by atoms with Gasteiger partial charge in [-0.15, -0.1) is 0 Å². The molecular weight excluding hydrogens is 333 g/mol. The molecule has 0 aromatic heterocycles. The van der Waals surface area contributed by atoms with Gasteiger partial charge in [0.2, 0.25) is 5.41 Å². The highest BCUT2D eigenvalue weighted by molar-refractivity contribution is 5.92. The molecule has 136 valence electrons. The van der Waals surface area contributed by atoms with Crippen LogP contribution in [0.4, 0.5) is 30.7 Å². The monoisotopic (exact) mass is 352 g/mol. The third kappa shape index (κ3) is 4.60. The number of carbonyl (C=O) groups is 1. The van der Waals surface area contributed by atoms with Crippen molar-refractivity contribution in [2.45, 2.75) is 51.9 Å². The average molecular weight is 352 g/mol. The molecule has 2 nitrogen and oxygen atoms in total. The minimum Gasteiger partial charge on any atom is -0.511 e. The van der Waals surface area contributed by atoms with E-state index in [1.54, 1.807) is 0 Å². The Morgan fingerprint density at radius 2 is 1.57 bits per heavy atom. The third-order valence-corrected chi connectivity index (χ3v) is 3.80. The fourth-order valence-corrected chi connectivity index (χ4v) is 2.28. The Morgan fingerprint density at radius 3 is 1.87 bits per heavy atom. The summed E-state index contributed by atoms with van der Waals surface area (Å²) in [5, 5.41) is 9.50. The molecule has 0 saturated heterocycles. The summed E-state index contributed by atoms with van der Waals surface area (Å²) in [6.45, 7) is 1.35. The lowest BCUT2D eigenvalue weighted by Gasteiger charge is -2.35. The van der Waals surface area contributed by atoms with Crippen LogP contribution < -0.4 is 0 Å². The van der Waals surface area contributed by atoms with Gasteiger partial charge in [0.1, 0.15) is 5.76 Å². The van der Waals surface area contributed by atoms with Gasteiger partial charge in [-0.3, -0.25) is 9.18 Å². The van der Waals surface area contributed by atoms with Gasteiger partial charge in [-0.2, -0.15) is 26.3 Å². The first-order valence-corrected chi connectivity index (χ1v) is 7.03. The first kappa shape index (κ1) is 21.7. The number of hydrogen-bond acceptors (Lipinski definition) is 2. The van der Waals surface area contributed by atoms with E-state index < -0.39 is 48.3 Å². The van der Waals surface area contributed by atoms with E-state index in [-0.39, 0.29) is 25.3 Å². The molecule has 0 amide bonds. The maximum Gasteiger partial charge on any atom is 0.410 e. The highest BCUT2D eigenvalue weighted by Gasteiger charge is 2.72. The van der Waals surface area contributed by atoms with E-state index in [1.165, 1.54) is 6.92 Å². The number of aliphatic hydroxyl groups is 1. The molecule has 23 heavy (non-hydrogen) atoms. The Hall–Kier alpha value is -1.28. The van der Waals surface area contributed by atoms with E-state index in [4.69, 9.17) is 0 Å². The fourth-order valence-electron chi connectivity index (χ4n) is 2.28. The van der Waals surface area contributed by atoms with Crippen molar-refractivity contribution >= 4 is 5.78 Å². The lowest BCUT2D eigenvalue weighted by molar-refractivity contribution is -0.334. The van der Waals surface area contributed by atoms with Crippen LogP contribution in [0.15, 0.2) is 11.8 Å². The average Bonchev–Trinajstić information content (AvgIpc) is 2.37. The molecule has 0 rings (SSSR count). The number of carbonyl (C=O) groups excluding carboxylic acids is 1. The Kier molecular flexibility index (Phi) is 7.56. The van der Waals surface area contributed by atoms with Gasteiger partial charge < -0.3 is 5.11 Å². The Labute approximate surface area is 129 Å². The Bertz CT molecular complexity index is 410. The molecule has 0 aliphatic carbocycles. The number of allylic oxidation sites excluding steroid dienone is 2. The highest BCUT2D eigenvalue weighted by atomic mass is 19.4. The van der Waals surface area contributed by atoms with Gasteiger partial charge in [-0.25, -0.2) is 0 Å². The smallest absolute Gasteiger partial charge is 0.410 e. The van der Waals surface area contributed by atoms with Gasteiger partial charge in [0, 0.05) is 12.0 Å². The van der Waals surface area contributed by atoms with Crippen LogP contribution in [0.2, 0.25) is 0 Å². The number of alkyl halides is 7. The van der Waals surface area contributed by atoms with Gasteiger partial charge in [0.05, 0.1) is 6.67 Å². The van der Waals surface area contributed by atoms with Crippen LogP contribution in [0.1, 0.15) is 39.5 Å². The van der Waals surface area contributed by atoms with Crippen LogP contribution in [0.5, 0.6) is 0 Å². The minimum atomic E-state index is -5.82. The summed E-state index contributed by atoms with van der Waals surface area (Å²) >= 11 is 0. The molecule has 0 bridgehead atoms. The first-order valence-electron chi connectivity index (χ1n) is 7.03. The third-order valence-electron chi connectivity index (χ3n) is 3.80. The van der Waals surface area contributed by atoms with Crippen molar-refractivity contribution in [2.24, 2.45) is 11.3 Å². The number of hydrogen-bond donors (Lipinski definition) is 1. The zero-order valence-electron chi connectivity index (χ0n) is 12.7. The predicted octanol–water partition coefficient (Wildman–Crippen LogP) is 5.29. The summed E-state index contributed by atoms with van der Waals surface area (Å²) in [6.07, 6.45) is -13.1. The van der Waals surface area contributed by atoms with Crippen LogP contribution in [-0.4, -0.2) is 29.9 Å². The van der Waals surface area contributed by atoms with Gasteiger partial charge in [-0.05, 0) is 25.7 Å². The van der Waals surface area contributed by atoms with E-state index in [0.29, 0.717) is 6.92 Å². The molecule has 1 unspecified atom stereocenters. The second-order valence-corrected chi connectivity index (χ2v) is 5.12. The number of aliphatic hydroxyl groups excluding tert-OH is 1. The van der Waals surface area contributed by atoms with Crippen molar-refractivity contribution in [2.75, 3.05) is 6.67 Å². The van der Waals surface area contributed by atoms with Crippen molar-refractivity contribution in [3.8, 4) is 0 Å². The number of ketones is 1. The van der Waals surface area contributed by atoms with Crippen LogP contribution >= 0.6 is 0 Å². The summed E-state index contributed by atoms with van der Waals surface area (Å²) in [7, 11) is 0. The van der Waals surface area contributed by atoms with Crippen molar-refractivity contribution in [3.05, 3.63) is 11.8 Å². The summed E-state index contributed by atoms with van der Waals surface area (Å²) in [5.41, 5.74) is -4.49. The lowest BCUT2D eigenvalue weighted by Crippen LogP contribution is -2.51. The Morgan fingerprint density at radius 1 is 1.09 bits per heavy atom. The highest BCUT2D eigenvalue weighted by Crippen LogP contribution is 2.56. The number of rotatable bonds is 8. The maximum atomic E-state index is 13.0. The molecule has 1 N–H and O–H groups in total. The summed E-state index contributed by atoms with van der Waals surface area (Å²) < 4.78 is 90.0. The molecule has 0 aromatic rings. The predicted molar refractivity (Wildman–Crippen MR) is 69.5 cm³/mol. The molecule has 0 radical (unpaired) electrons. The van der Waals surface area contributed by atoms with Gasteiger partial charge in [0.15, 0.2) is 5.78 Å². The molecule has 0 heterocycles. The first-order chi connectivity index (χ1) is 10.4. The van der Waals surface area contributed by atoms with E-state index in [9.17, 15) is 40.6 Å². The van der Waals surface area contributed by atoms with Crippen molar-refractivity contribution in [1.29, 1.82) is 0 Å². The number of halogens is 7. The van der Waals surface area contributed by atoms with Crippen LogP contribution in [0.3, 0.4) is 0 Å². The summed E-state index contributed by atoms with van der Waals surface area (Å²) in [4.78, 5) is 11.8. The van der Waals surface area contributed by atoms with E-state index in [1.807, 2.05) is 0 Å². The van der Waals surface area contributed by atoms with Gasteiger partial charge in [-0.1, -0.05) is 13.8 Å². The second kappa shape index (κ2) is 8.01. The molecule has 0 spiro atoms. The molecule has 1 atom stereocenters. The minimum absolute atomic E-state index is 0.0170. The van der Waals surface area contributed by atoms with Crippen LogP contribution in [0, 0.1) is 11.3 Å². The quantitative estimate of drug-likeness (QED) is 0.366. The van der Waals surface area contributed by atoms with Crippen molar-refractivity contribution in [3.63, 3.8) is 0 Å². The van der Waals surface area contributed by atoms with E-state index in [0.717, 1.165) is 0 Å². The van der Waals surface area contributed by atoms with Crippen LogP contribution in [-0.2, 0) is 4.79 Å². The molecule has 0 aromatic carbocycles. The standard InChI is InChI=1S/C14H19F7O2/c1-3-9(6-5-7-15)10(22)8-11(23)12(4-2,13(16,17)18)14(19,20)21/h8-9,23H,3-7H2,1-2H3/b11-8-. The lowest BCUT2D eigenvalue weighted by atomic mass is 9.80. The molecule has 9 heteroatoms. The molecular formula is C14H19F7O2. The zero-order chi connectivity index (χ0) is 18.5. The van der Waals surface area contributed by atoms with Crippen molar-refractivity contribution in [1.82, 2.24) is 0 Å². The van der Waals surface area contributed by atoms with Gasteiger partial charge >= 0.3 is 12.4 Å². The van der Waals surface area contributed by atoms with E-state index >= 15 is 0 Å². The van der Waals surface area contributed by atoms with Gasteiger partial charge in [0.25, 0.3) is 0 Å². The molecule has 0 fully saturated rings. The summed E-state index contributed by atoms with van der Waals surface area (Å²) in [6, 6.07) is 0. The molecule has 0 aliphatic rings.